The summed E-state index contributed by atoms with van der Waals surface area (Å²) in [5.41, 5.74) is 1.84. The Labute approximate surface area is 89.3 Å². The Kier molecular flexibility index (Phi) is 2.85. The van der Waals surface area contributed by atoms with Crippen molar-refractivity contribution in [1.29, 1.82) is 0 Å². The molecule has 15 heavy (non-hydrogen) atoms. The number of nitrogens with one attached hydrogen (secondary N) is 1. The maximum absolute atomic E-state index is 5.10. The van der Waals surface area contributed by atoms with Gasteiger partial charge in [0.2, 0.25) is 0 Å². The van der Waals surface area contributed by atoms with E-state index >= 15 is 0 Å². The maximum Gasteiger partial charge on any atom is 0.139 e. The number of hydrogen-bond donors (Lipinski definition) is 1. The van der Waals surface area contributed by atoms with Crippen molar-refractivity contribution in [2.45, 2.75) is 19.9 Å². The fourth-order valence-corrected chi connectivity index (χ4v) is 1.47. The number of hydrogen-bond acceptors (Lipinski definition) is 4. The van der Waals surface area contributed by atoms with E-state index in [4.69, 9.17) is 4.84 Å². The standard InChI is InChI=1S/C11H15N3O/c1-8(2)11-7-15-14-13-10-6-4-3-5-9(10)12-11/h3-6,8,11-12H,7H2,1-2H3/t11-/m1/s1. The lowest BCUT2D eigenvalue weighted by atomic mass is 10.0. The third kappa shape index (κ3) is 2.26. The minimum Gasteiger partial charge on any atom is -0.377 e. The van der Waals surface area contributed by atoms with Gasteiger partial charge in [0, 0.05) is 5.28 Å². The van der Waals surface area contributed by atoms with Crippen LogP contribution in [0.15, 0.2) is 34.7 Å². The fourth-order valence-electron chi connectivity index (χ4n) is 1.47. The number of benzene rings is 1. The molecule has 0 saturated carbocycles. The largest absolute Gasteiger partial charge is 0.377 e. The maximum atomic E-state index is 5.10. The minimum atomic E-state index is 0.269. The Morgan fingerprint density at radius 1 is 1.40 bits per heavy atom. The van der Waals surface area contributed by atoms with Gasteiger partial charge in [-0.05, 0) is 18.1 Å². The molecule has 80 valence electrons. The lowest BCUT2D eigenvalue weighted by Gasteiger charge is -2.23. The van der Waals surface area contributed by atoms with Gasteiger partial charge in [0.15, 0.2) is 0 Å². The molecule has 1 aromatic carbocycles. The highest BCUT2D eigenvalue weighted by molar-refractivity contribution is 5.65. The Hall–Kier alpha value is -1.58. The van der Waals surface area contributed by atoms with Crippen molar-refractivity contribution in [3.8, 4) is 0 Å². The van der Waals surface area contributed by atoms with Gasteiger partial charge >= 0.3 is 0 Å². The quantitative estimate of drug-likeness (QED) is 0.765. The summed E-state index contributed by atoms with van der Waals surface area (Å²) >= 11 is 0. The molecule has 1 aliphatic rings. The van der Waals surface area contributed by atoms with Crippen molar-refractivity contribution < 1.29 is 4.84 Å². The highest BCUT2D eigenvalue weighted by Gasteiger charge is 2.17. The lowest BCUT2D eigenvalue weighted by molar-refractivity contribution is 0.105. The average molecular weight is 205 g/mol. The molecular formula is C11H15N3O. The van der Waals surface area contributed by atoms with Crippen LogP contribution in [-0.2, 0) is 4.84 Å². The fraction of sp³-hybridized carbons (Fsp3) is 0.455. The second-order valence-electron chi connectivity index (χ2n) is 3.99. The van der Waals surface area contributed by atoms with E-state index in [1.807, 2.05) is 24.3 Å². The van der Waals surface area contributed by atoms with E-state index < -0.39 is 0 Å². The summed E-state index contributed by atoms with van der Waals surface area (Å²) in [5, 5.41) is 11.1. The van der Waals surface area contributed by atoms with Crippen molar-refractivity contribution in [2.75, 3.05) is 11.9 Å². The van der Waals surface area contributed by atoms with Crippen LogP contribution in [0.2, 0.25) is 0 Å². The Morgan fingerprint density at radius 2 is 2.20 bits per heavy atom. The molecule has 0 amide bonds. The molecular weight excluding hydrogens is 190 g/mol. The normalized spacial score (nSPS) is 19.8. The third-order valence-corrected chi connectivity index (χ3v) is 2.51. The van der Waals surface area contributed by atoms with Gasteiger partial charge in [0.25, 0.3) is 0 Å². The van der Waals surface area contributed by atoms with Crippen LogP contribution < -0.4 is 5.32 Å². The summed E-state index contributed by atoms with van der Waals surface area (Å²) in [6.45, 7) is 4.86. The van der Waals surface area contributed by atoms with Crippen LogP contribution in [0.1, 0.15) is 13.8 Å². The number of rotatable bonds is 1. The molecule has 4 nitrogen and oxygen atoms in total. The monoisotopic (exact) mass is 205 g/mol. The zero-order valence-electron chi connectivity index (χ0n) is 8.97. The van der Waals surface area contributed by atoms with Gasteiger partial charge in [-0.3, -0.25) is 0 Å². The second-order valence-corrected chi connectivity index (χ2v) is 3.99. The van der Waals surface area contributed by atoms with Crippen molar-refractivity contribution in [1.82, 2.24) is 0 Å². The molecule has 0 spiro atoms. The first kappa shape index (κ1) is 9.96. The minimum absolute atomic E-state index is 0.269. The van der Waals surface area contributed by atoms with E-state index in [1.54, 1.807) is 0 Å². The zero-order chi connectivity index (χ0) is 10.7. The van der Waals surface area contributed by atoms with Gasteiger partial charge in [0.05, 0.1) is 11.7 Å². The highest BCUT2D eigenvalue weighted by atomic mass is 16.6. The Morgan fingerprint density at radius 3 is 3.00 bits per heavy atom. The number of nitrogens with zero attached hydrogens (tertiary/aromatic N) is 2. The smallest absolute Gasteiger partial charge is 0.139 e. The van der Waals surface area contributed by atoms with Crippen molar-refractivity contribution in [2.24, 2.45) is 16.3 Å². The molecule has 0 saturated heterocycles. The van der Waals surface area contributed by atoms with Crippen LogP contribution in [-0.4, -0.2) is 12.6 Å². The van der Waals surface area contributed by atoms with E-state index in [2.05, 4.69) is 29.6 Å². The molecule has 1 atom stereocenters. The van der Waals surface area contributed by atoms with Gasteiger partial charge in [-0.1, -0.05) is 26.0 Å². The van der Waals surface area contributed by atoms with E-state index in [0.29, 0.717) is 12.5 Å². The van der Waals surface area contributed by atoms with E-state index in [-0.39, 0.29) is 6.04 Å². The molecule has 1 N–H and O–H groups in total. The molecule has 1 aromatic rings. The van der Waals surface area contributed by atoms with Crippen LogP contribution in [0.25, 0.3) is 0 Å². The SMILES string of the molecule is CC(C)[C@H]1CON=Nc2ccccc2N1. The topological polar surface area (TPSA) is 46.0 Å². The van der Waals surface area contributed by atoms with Crippen LogP contribution >= 0.6 is 0 Å². The molecule has 2 rings (SSSR count). The van der Waals surface area contributed by atoms with Crippen molar-refractivity contribution in [3.63, 3.8) is 0 Å². The molecule has 0 bridgehead atoms. The summed E-state index contributed by atoms with van der Waals surface area (Å²) in [4.78, 5) is 5.10. The van der Waals surface area contributed by atoms with E-state index in [9.17, 15) is 0 Å². The second kappa shape index (κ2) is 4.29. The van der Waals surface area contributed by atoms with Gasteiger partial charge in [-0.2, -0.15) is 0 Å². The molecule has 0 radical (unpaired) electrons. The summed E-state index contributed by atoms with van der Waals surface area (Å²) in [7, 11) is 0. The first-order chi connectivity index (χ1) is 7.27. The third-order valence-electron chi connectivity index (χ3n) is 2.51. The summed E-state index contributed by atoms with van der Waals surface area (Å²) in [6, 6.07) is 8.12. The average Bonchev–Trinajstić information content (AvgIpc) is 2.18. The molecule has 0 unspecified atom stereocenters. The molecule has 1 heterocycles. The van der Waals surface area contributed by atoms with Crippen LogP contribution in [0.4, 0.5) is 11.4 Å². The zero-order valence-corrected chi connectivity index (χ0v) is 8.97. The predicted molar refractivity (Wildman–Crippen MR) is 59.2 cm³/mol. The van der Waals surface area contributed by atoms with Crippen molar-refractivity contribution >= 4 is 11.4 Å². The number of para-hydroxylation sites is 1. The summed E-state index contributed by atoms with van der Waals surface area (Å²) < 4.78 is 0. The first-order valence-electron chi connectivity index (χ1n) is 5.16. The molecule has 1 aliphatic heterocycles. The van der Waals surface area contributed by atoms with E-state index in [1.165, 1.54) is 0 Å². The molecule has 0 aliphatic carbocycles. The molecule has 4 heteroatoms. The van der Waals surface area contributed by atoms with Gasteiger partial charge in [-0.25, -0.2) is 0 Å². The van der Waals surface area contributed by atoms with Gasteiger partial charge in [-0.15, -0.1) is 5.11 Å². The molecule has 0 fully saturated rings. The number of fused-ring (bicyclic) bond motifs is 1. The molecule has 0 aromatic heterocycles. The lowest BCUT2D eigenvalue weighted by Crippen LogP contribution is -2.30. The Bertz CT molecular complexity index is 363. The van der Waals surface area contributed by atoms with Crippen LogP contribution in [0, 0.1) is 5.92 Å². The van der Waals surface area contributed by atoms with E-state index in [0.717, 1.165) is 11.4 Å². The Balaban J connectivity index is 2.28. The summed E-state index contributed by atoms with van der Waals surface area (Å²) in [6.07, 6.45) is 0. The first-order valence-corrected chi connectivity index (χ1v) is 5.16. The van der Waals surface area contributed by atoms with Crippen LogP contribution in [0.5, 0.6) is 0 Å². The predicted octanol–water partition coefficient (Wildman–Crippen LogP) is 3.15. The summed E-state index contributed by atoms with van der Waals surface area (Å²) in [5.74, 6) is 0.492. The van der Waals surface area contributed by atoms with Gasteiger partial charge < -0.3 is 10.2 Å². The van der Waals surface area contributed by atoms with Crippen LogP contribution in [0.3, 0.4) is 0 Å². The highest BCUT2D eigenvalue weighted by Crippen LogP contribution is 2.27. The number of anilines is 1. The van der Waals surface area contributed by atoms with Gasteiger partial charge in [0.1, 0.15) is 12.3 Å². The van der Waals surface area contributed by atoms with Crippen molar-refractivity contribution in [3.05, 3.63) is 24.3 Å².